The fourth-order valence-corrected chi connectivity index (χ4v) is 4.26. The number of amides is 1. The fraction of sp³-hybridized carbons (Fsp3) is 0.200. The van der Waals surface area contributed by atoms with Gasteiger partial charge >= 0.3 is 5.49 Å². The molecule has 1 aromatic carbocycles. The summed E-state index contributed by atoms with van der Waals surface area (Å²) in [5.74, 6) is -1.47. The summed E-state index contributed by atoms with van der Waals surface area (Å²) < 4.78 is 42.8. The van der Waals surface area contributed by atoms with Crippen molar-refractivity contribution in [1.82, 2.24) is 10.3 Å². The van der Waals surface area contributed by atoms with Crippen molar-refractivity contribution >= 4 is 5.91 Å². The molecule has 0 spiro atoms. The molecule has 8 heteroatoms. The highest BCUT2D eigenvalue weighted by molar-refractivity contribution is 5.95. The molecule has 0 bridgehead atoms. The second-order valence-electron chi connectivity index (χ2n) is 8.00. The highest BCUT2D eigenvalue weighted by Gasteiger charge is 2.31. The molecule has 2 aliphatic rings. The summed E-state index contributed by atoms with van der Waals surface area (Å²) in [6.07, 6.45) is 6.09. The molecule has 5 rings (SSSR count). The van der Waals surface area contributed by atoms with Gasteiger partial charge < -0.3 is 5.32 Å². The van der Waals surface area contributed by atoms with Crippen LogP contribution in [0.3, 0.4) is 0 Å². The van der Waals surface area contributed by atoms with Crippen molar-refractivity contribution in [3.8, 4) is 11.1 Å². The summed E-state index contributed by atoms with van der Waals surface area (Å²) in [6, 6.07) is 8.41. The average Bonchev–Trinajstić information content (AvgIpc) is 3.40. The predicted octanol–water partition coefficient (Wildman–Crippen LogP) is 4.29. The standard InChI is InChI=1S/C25H19F3N4O/c1-14(17-4-2-5-18(22(17)26)23(27)28)30-25(33)19-12-16(15-8-10-29-11-9-15)13-32-21-7-3-6-20(21)31-24(19)32/h2,4-6,8-14,23H,3,7H2,1H3/p+1/t14-/m1/s1. The number of alkyl halides is 2. The van der Waals surface area contributed by atoms with Crippen molar-refractivity contribution in [3.63, 3.8) is 0 Å². The van der Waals surface area contributed by atoms with E-state index in [0.29, 0.717) is 11.1 Å². The first kappa shape index (κ1) is 21.1. The Morgan fingerprint density at radius 1 is 1.12 bits per heavy atom. The minimum atomic E-state index is -2.94. The molecule has 0 fully saturated rings. The maximum Gasteiger partial charge on any atom is 0.341 e. The third-order valence-corrected chi connectivity index (χ3v) is 5.93. The normalized spacial score (nSPS) is 15.1. The summed E-state index contributed by atoms with van der Waals surface area (Å²) in [5.41, 5.74) is 3.70. The van der Waals surface area contributed by atoms with E-state index < -0.39 is 29.8 Å². The topological polar surface area (TPSA) is 60.2 Å². The highest BCUT2D eigenvalue weighted by atomic mass is 19.3. The molecule has 1 N–H and O–H groups in total. The van der Waals surface area contributed by atoms with Crippen molar-refractivity contribution in [1.29, 1.82) is 0 Å². The zero-order valence-electron chi connectivity index (χ0n) is 17.7. The Bertz CT molecular complexity index is 1420. The van der Waals surface area contributed by atoms with E-state index in [1.165, 1.54) is 12.1 Å². The van der Waals surface area contributed by atoms with Crippen LogP contribution >= 0.6 is 0 Å². The smallest absolute Gasteiger partial charge is 0.341 e. The van der Waals surface area contributed by atoms with Crippen LogP contribution in [-0.4, -0.2) is 10.9 Å². The van der Waals surface area contributed by atoms with Gasteiger partial charge in [-0.3, -0.25) is 9.78 Å². The van der Waals surface area contributed by atoms with Crippen molar-refractivity contribution in [2.24, 2.45) is 4.99 Å². The SMILES string of the molecule is C[C@@H](NC(=O)c1cc(-c2ccncc2)c[n+]2c1=NC1=CCCC=21)c1cccc(C(F)F)c1F. The van der Waals surface area contributed by atoms with E-state index in [1.807, 2.05) is 28.6 Å². The van der Waals surface area contributed by atoms with Gasteiger partial charge in [0.05, 0.1) is 11.6 Å². The average molecular weight is 449 g/mol. The second-order valence-corrected chi connectivity index (χ2v) is 8.00. The van der Waals surface area contributed by atoms with Crippen LogP contribution in [0.5, 0.6) is 0 Å². The van der Waals surface area contributed by atoms with E-state index in [0.717, 1.165) is 41.4 Å². The van der Waals surface area contributed by atoms with Crippen molar-refractivity contribution < 1.29 is 22.2 Å². The maximum absolute atomic E-state index is 14.6. The molecule has 0 unspecified atom stereocenters. The summed E-state index contributed by atoms with van der Waals surface area (Å²) in [5, 5.41) is 2.76. The van der Waals surface area contributed by atoms with Crippen LogP contribution in [0.25, 0.3) is 11.1 Å². The minimum Gasteiger partial charge on any atom is -0.345 e. The molecule has 33 heavy (non-hydrogen) atoms. The van der Waals surface area contributed by atoms with Crippen LogP contribution in [-0.2, 0) is 0 Å². The number of carbonyl (C=O) groups is 1. The molecule has 0 saturated carbocycles. The summed E-state index contributed by atoms with van der Waals surface area (Å²) in [6.45, 7) is 1.56. The van der Waals surface area contributed by atoms with E-state index >= 15 is 0 Å². The number of halogens is 3. The molecule has 1 aliphatic heterocycles. The lowest BCUT2D eigenvalue weighted by Gasteiger charge is -2.16. The highest BCUT2D eigenvalue weighted by Crippen LogP contribution is 2.28. The summed E-state index contributed by atoms with van der Waals surface area (Å²) in [7, 11) is 0. The van der Waals surface area contributed by atoms with Gasteiger partial charge in [0.2, 0.25) is 5.70 Å². The van der Waals surface area contributed by atoms with E-state index in [4.69, 9.17) is 0 Å². The van der Waals surface area contributed by atoms with Crippen molar-refractivity contribution in [3.05, 3.63) is 100 Å². The van der Waals surface area contributed by atoms with E-state index in [1.54, 1.807) is 25.4 Å². The molecular formula is C25H20F3N4O+. The Balaban J connectivity index is 1.57. The maximum atomic E-state index is 14.6. The number of nitrogens with one attached hydrogen (secondary N) is 1. The van der Waals surface area contributed by atoms with Crippen LogP contribution < -0.4 is 15.0 Å². The Morgan fingerprint density at radius 2 is 1.88 bits per heavy atom. The lowest BCUT2D eigenvalue weighted by molar-refractivity contribution is -0.534. The molecule has 5 nitrogen and oxygen atoms in total. The minimum absolute atomic E-state index is 0.00151. The first-order valence-electron chi connectivity index (χ1n) is 10.6. The van der Waals surface area contributed by atoms with Crippen LogP contribution in [0, 0.1) is 11.5 Å². The molecule has 3 aromatic rings. The van der Waals surface area contributed by atoms with Gasteiger partial charge in [-0.15, -0.1) is 0 Å². The molecule has 1 amide bonds. The summed E-state index contributed by atoms with van der Waals surface area (Å²) in [4.78, 5) is 22.0. The lowest BCUT2D eigenvalue weighted by Crippen LogP contribution is -2.43. The number of nitrogens with zero attached hydrogens (tertiary/aromatic N) is 3. The van der Waals surface area contributed by atoms with E-state index in [9.17, 15) is 18.0 Å². The quantitative estimate of drug-likeness (QED) is 0.591. The van der Waals surface area contributed by atoms with Crippen LogP contribution in [0.4, 0.5) is 13.2 Å². The predicted molar refractivity (Wildman–Crippen MR) is 114 cm³/mol. The van der Waals surface area contributed by atoms with Gasteiger partial charge in [0, 0.05) is 29.9 Å². The van der Waals surface area contributed by atoms with Gasteiger partial charge in [0.25, 0.3) is 12.3 Å². The number of allylic oxidation sites excluding steroid dienone is 2. The first-order valence-corrected chi connectivity index (χ1v) is 10.6. The fourth-order valence-electron chi connectivity index (χ4n) is 4.26. The van der Waals surface area contributed by atoms with Gasteiger partial charge in [-0.25, -0.2) is 13.2 Å². The first-order chi connectivity index (χ1) is 15.9. The van der Waals surface area contributed by atoms with Crippen LogP contribution in [0.2, 0.25) is 0 Å². The molecule has 1 atom stereocenters. The molecule has 3 heterocycles. The number of hydrogen-bond donors (Lipinski definition) is 1. The van der Waals surface area contributed by atoms with Crippen LogP contribution in [0.15, 0.2) is 71.8 Å². The van der Waals surface area contributed by atoms with Gasteiger partial charge in [0.1, 0.15) is 17.6 Å². The third kappa shape index (κ3) is 3.71. The number of benzene rings is 1. The Hall–Kier alpha value is -3.81. The number of rotatable bonds is 5. The van der Waals surface area contributed by atoms with Gasteiger partial charge in [-0.05, 0) is 48.2 Å². The van der Waals surface area contributed by atoms with Crippen molar-refractivity contribution in [2.45, 2.75) is 32.2 Å². The molecule has 166 valence electrons. The number of pyridine rings is 2. The van der Waals surface area contributed by atoms with Gasteiger partial charge in [0.15, 0.2) is 5.71 Å². The Labute approximate surface area is 187 Å². The number of fused-ring (bicyclic) bond motifs is 2. The largest absolute Gasteiger partial charge is 0.345 e. The Kier molecular flexibility index (Phi) is 5.28. The van der Waals surface area contributed by atoms with Gasteiger partial charge in [-0.1, -0.05) is 18.2 Å². The molecule has 2 aromatic heterocycles. The molecular weight excluding hydrogens is 429 g/mol. The number of hydrogen-bond acceptors (Lipinski definition) is 3. The van der Waals surface area contributed by atoms with E-state index in [2.05, 4.69) is 15.3 Å². The number of carbonyl (C=O) groups excluding carboxylic acids is 1. The lowest BCUT2D eigenvalue weighted by atomic mass is 10.0. The number of aromatic nitrogens is 2. The van der Waals surface area contributed by atoms with Gasteiger partial charge in [-0.2, -0.15) is 4.24 Å². The zero-order valence-corrected chi connectivity index (χ0v) is 17.7. The van der Waals surface area contributed by atoms with Crippen LogP contribution in [0.1, 0.15) is 53.7 Å². The van der Waals surface area contributed by atoms with E-state index in [-0.39, 0.29) is 5.56 Å². The Morgan fingerprint density at radius 3 is 2.64 bits per heavy atom. The van der Waals surface area contributed by atoms with Crippen molar-refractivity contribution in [2.75, 3.05) is 0 Å². The molecule has 0 saturated heterocycles. The molecule has 0 radical (unpaired) electrons. The zero-order chi connectivity index (χ0) is 23.1. The second kappa shape index (κ2) is 8.27. The summed E-state index contributed by atoms with van der Waals surface area (Å²) >= 11 is 0. The third-order valence-electron chi connectivity index (χ3n) is 5.93. The monoisotopic (exact) mass is 449 g/mol. The molecule has 1 aliphatic carbocycles.